The van der Waals surface area contributed by atoms with Crippen molar-refractivity contribution in [3.05, 3.63) is 56.2 Å². The molecule has 1 aromatic carbocycles. The van der Waals surface area contributed by atoms with Gasteiger partial charge in [-0.2, -0.15) is 0 Å². The number of nitrogens with one attached hydrogen (secondary N) is 1. The topological polar surface area (TPSA) is 38.3 Å². The van der Waals surface area contributed by atoms with Crippen LogP contribution in [0.15, 0.2) is 39.5 Å². The Bertz CT molecular complexity index is 551. The Morgan fingerprint density at radius 3 is 2.58 bits per heavy atom. The second kappa shape index (κ2) is 6.84. The quantitative estimate of drug-likeness (QED) is 0.903. The zero-order valence-corrected chi connectivity index (χ0v) is 12.9. The van der Waals surface area contributed by atoms with E-state index in [0.29, 0.717) is 18.7 Å². The minimum absolute atomic E-state index is 0.0529. The van der Waals surface area contributed by atoms with Crippen molar-refractivity contribution in [3.8, 4) is 0 Å². The van der Waals surface area contributed by atoms with Gasteiger partial charge in [-0.15, -0.1) is 11.3 Å². The largest absolute Gasteiger partial charge is 0.380 e. The maximum Gasteiger partial charge on any atom is 0.252 e. The molecule has 2 rings (SSSR count). The third-order valence-electron chi connectivity index (χ3n) is 2.62. The number of methoxy groups -OCH3 is 1. The van der Waals surface area contributed by atoms with Crippen molar-refractivity contribution in [2.24, 2.45) is 0 Å². The molecule has 0 saturated carbocycles. The number of carbonyl (C=O) groups excluding carboxylic acids is 1. The highest BCUT2D eigenvalue weighted by Gasteiger charge is 2.07. The molecule has 1 N–H and O–H groups in total. The van der Waals surface area contributed by atoms with Gasteiger partial charge in [-0.25, -0.2) is 0 Å². The molecule has 5 heteroatoms. The van der Waals surface area contributed by atoms with E-state index in [0.717, 1.165) is 14.9 Å². The average molecular weight is 340 g/mol. The molecule has 0 spiro atoms. The first-order valence-corrected chi connectivity index (χ1v) is 7.45. The number of hydrogen-bond acceptors (Lipinski definition) is 3. The molecule has 0 bridgehead atoms. The van der Waals surface area contributed by atoms with Crippen LogP contribution in [0, 0.1) is 0 Å². The van der Waals surface area contributed by atoms with Gasteiger partial charge in [0.05, 0.1) is 16.0 Å². The second-order valence-electron chi connectivity index (χ2n) is 4.07. The Kier molecular flexibility index (Phi) is 5.13. The van der Waals surface area contributed by atoms with E-state index in [9.17, 15) is 4.79 Å². The van der Waals surface area contributed by atoms with Gasteiger partial charge in [0.25, 0.3) is 5.91 Å². The highest BCUT2D eigenvalue weighted by atomic mass is 79.9. The van der Waals surface area contributed by atoms with Crippen LogP contribution in [-0.4, -0.2) is 13.0 Å². The maximum absolute atomic E-state index is 11.9. The summed E-state index contributed by atoms with van der Waals surface area (Å²) in [5.41, 5.74) is 2.88. The van der Waals surface area contributed by atoms with Crippen molar-refractivity contribution in [1.29, 1.82) is 0 Å². The van der Waals surface area contributed by atoms with Crippen molar-refractivity contribution < 1.29 is 9.53 Å². The molecule has 1 aromatic heterocycles. The molecule has 0 fully saturated rings. The van der Waals surface area contributed by atoms with Crippen LogP contribution < -0.4 is 5.32 Å². The van der Waals surface area contributed by atoms with E-state index in [-0.39, 0.29) is 5.91 Å². The fourth-order valence-electron chi connectivity index (χ4n) is 1.63. The Morgan fingerprint density at radius 1 is 1.32 bits per heavy atom. The Balaban J connectivity index is 1.89. The minimum atomic E-state index is -0.0529. The number of amides is 1. The molecule has 0 unspecified atom stereocenters. The monoisotopic (exact) mass is 339 g/mol. The number of thiophene rings is 1. The third-order valence-corrected chi connectivity index (χ3v) is 4.12. The van der Waals surface area contributed by atoms with Crippen LogP contribution >= 0.6 is 27.3 Å². The highest BCUT2D eigenvalue weighted by molar-refractivity contribution is 9.11. The molecular weight excluding hydrogens is 326 g/mol. The van der Waals surface area contributed by atoms with Gasteiger partial charge < -0.3 is 10.1 Å². The second-order valence-corrected chi connectivity index (χ2v) is 6.36. The minimum Gasteiger partial charge on any atom is -0.380 e. The lowest BCUT2D eigenvalue weighted by molar-refractivity contribution is 0.0951. The van der Waals surface area contributed by atoms with Gasteiger partial charge in [0.15, 0.2) is 0 Å². The van der Waals surface area contributed by atoms with E-state index in [4.69, 9.17) is 4.74 Å². The van der Waals surface area contributed by atoms with Crippen LogP contribution in [0.4, 0.5) is 0 Å². The molecule has 0 radical (unpaired) electrons. The number of halogens is 1. The van der Waals surface area contributed by atoms with Gasteiger partial charge in [-0.3, -0.25) is 4.79 Å². The molecule has 0 aliphatic carbocycles. The molecule has 0 aliphatic heterocycles. The zero-order chi connectivity index (χ0) is 13.7. The molecular formula is C14H14BrNO2S. The first kappa shape index (κ1) is 14.2. The Labute approximate surface area is 124 Å². The molecule has 0 saturated heterocycles. The molecule has 1 amide bonds. The lowest BCUT2D eigenvalue weighted by atomic mass is 10.1. The van der Waals surface area contributed by atoms with Crippen molar-refractivity contribution in [1.82, 2.24) is 5.32 Å². The summed E-state index contributed by atoms with van der Waals surface area (Å²) >= 11 is 4.85. The number of ether oxygens (including phenoxy) is 1. The molecule has 100 valence electrons. The number of benzene rings is 1. The van der Waals surface area contributed by atoms with Crippen LogP contribution in [0.25, 0.3) is 0 Å². The zero-order valence-electron chi connectivity index (χ0n) is 10.5. The van der Waals surface area contributed by atoms with Crippen molar-refractivity contribution >= 4 is 33.2 Å². The fourth-order valence-corrected chi connectivity index (χ4v) is 2.77. The molecule has 1 heterocycles. The summed E-state index contributed by atoms with van der Waals surface area (Å²) in [7, 11) is 1.67. The number of rotatable bonds is 5. The first-order chi connectivity index (χ1) is 9.19. The van der Waals surface area contributed by atoms with Crippen LogP contribution in [0.2, 0.25) is 0 Å². The summed E-state index contributed by atoms with van der Waals surface area (Å²) in [5.74, 6) is -0.0529. The lowest BCUT2D eigenvalue weighted by Crippen LogP contribution is -2.22. The predicted octanol–water partition coefficient (Wildman–Crippen LogP) is 3.59. The van der Waals surface area contributed by atoms with Gasteiger partial charge >= 0.3 is 0 Å². The fraction of sp³-hybridized carbons (Fsp3) is 0.214. The summed E-state index contributed by atoms with van der Waals surface area (Å²) in [5, 5.41) is 4.73. The maximum atomic E-state index is 11.9. The summed E-state index contributed by atoms with van der Waals surface area (Å²) in [4.78, 5) is 11.9. The highest BCUT2D eigenvalue weighted by Crippen LogP contribution is 2.20. The van der Waals surface area contributed by atoms with Gasteiger partial charge in [-0.1, -0.05) is 24.3 Å². The summed E-state index contributed by atoms with van der Waals surface area (Å²) in [6, 6.07) is 9.83. The normalized spacial score (nSPS) is 10.4. The molecule has 0 atom stereocenters. The third kappa shape index (κ3) is 4.16. The Morgan fingerprint density at radius 2 is 2.00 bits per heavy atom. The van der Waals surface area contributed by atoms with Crippen LogP contribution in [-0.2, 0) is 17.9 Å². The molecule has 3 nitrogen and oxygen atoms in total. The van der Waals surface area contributed by atoms with Crippen LogP contribution in [0.3, 0.4) is 0 Å². The molecule has 19 heavy (non-hydrogen) atoms. The predicted molar refractivity (Wildman–Crippen MR) is 80.3 cm³/mol. The van der Waals surface area contributed by atoms with Gasteiger partial charge in [0.1, 0.15) is 0 Å². The van der Waals surface area contributed by atoms with E-state index in [1.54, 1.807) is 7.11 Å². The van der Waals surface area contributed by atoms with Gasteiger partial charge in [0.2, 0.25) is 0 Å². The van der Waals surface area contributed by atoms with Gasteiger partial charge in [-0.05, 0) is 33.1 Å². The van der Waals surface area contributed by atoms with E-state index in [1.807, 2.05) is 35.7 Å². The van der Waals surface area contributed by atoms with E-state index in [2.05, 4.69) is 21.2 Å². The summed E-state index contributed by atoms with van der Waals surface area (Å²) in [6.45, 7) is 1.13. The lowest BCUT2D eigenvalue weighted by Gasteiger charge is -2.05. The van der Waals surface area contributed by atoms with E-state index >= 15 is 0 Å². The van der Waals surface area contributed by atoms with Crippen LogP contribution in [0.1, 0.15) is 21.5 Å². The van der Waals surface area contributed by atoms with Gasteiger partial charge in [0, 0.05) is 19.0 Å². The number of hydrogen-bond donors (Lipinski definition) is 1. The molecule has 2 aromatic rings. The summed E-state index contributed by atoms with van der Waals surface area (Å²) < 4.78 is 6.01. The first-order valence-electron chi connectivity index (χ1n) is 5.78. The summed E-state index contributed by atoms with van der Waals surface area (Å²) in [6.07, 6.45) is 0. The number of carbonyl (C=O) groups is 1. The van der Waals surface area contributed by atoms with Crippen molar-refractivity contribution in [2.75, 3.05) is 7.11 Å². The van der Waals surface area contributed by atoms with Crippen LogP contribution in [0.5, 0.6) is 0 Å². The smallest absolute Gasteiger partial charge is 0.252 e. The van der Waals surface area contributed by atoms with Crippen molar-refractivity contribution in [3.63, 3.8) is 0 Å². The Hall–Kier alpha value is -1.17. The SMILES string of the molecule is COCc1ccc(CNC(=O)c2csc(Br)c2)cc1. The van der Waals surface area contributed by atoms with Crippen molar-refractivity contribution in [2.45, 2.75) is 13.2 Å². The van der Waals surface area contributed by atoms with E-state index < -0.39 is 0 Å². The average Bonchev–Trinajstić information content (AvgIpc) is 2.85. The standard InChI is InChI=1S/C14H14BrNO2S/c1-18-8-11-4-2-10(3-5-11)7-16-14(17)12-6-13(15)19-9-12/h2-6,9H,7-8H2,1H3,(H,16,17). The molecule has 0 aliphatic rings. The van der Waals surface area contributed by atoms with E-state index in [1.165, 1.54) is 11.3 Å².